The lowest BCUT2D eigenvalue weighted by Gasteiger charge is -2.20. The Morgan fingerprint density at radius 2 is 1.48 bits per heavy atom. The highest BCUT2D eigenvalue weighted by Crippen LogP contribution is 2.19. The number of methoxy groups -OCH3 is 1. The lowest BCUT2D eigenvalue weighted by Crippen LogP contribution is -2.26. The second-order valence-electron chi connectivity index (χ2n) is 5.47. The topological polar surface area (TPSA) is 21.3 Å². The number of ether oxygens (including phenoxy) is 1. The summed E-state index contributed by atoms with van der Waals surface area (Å²) in [4.78, 5) is 0. The molecule has 2 heteroatoms. The molecule has 0 bridgehead atoms. The summed E-state index contributed by atoms with van der Waals surface area (Å²) < 4.78 is 5.34. The van der Waals surface area contributed by atoms with Gasteiger partial charge < -0.3 is 10.1 Å². The molecule has 0 amide bonds. The normalized spacial score (nSPS) is 13.8. The zero-order chi connectivity index (χ0) is 14.9. The maximum absolute atomic E-state index is 5.34. The van der Waals surface area contributed by atoms with E-state index in [9.17, 15) is 0 Å². The third kappa shape index (κ3) is 5.00. The average molecular weight is 283 g/mol. The van der Waals surface area contributed by atoms with E-state index in [-0.39, 0.29) is 6.04 Å². The van der Waals surface area contributed by atoms with Crippen LogP contribution in [-0.4, -0.2) is 20.3 Å². The van der Waals surface area contributed by atoms with E-state index in [2.05, 4.69) is 66.8 Å². The van der Waals surface area contributed by atoms with Crippen molar-refractivity contribution in [3.63, 3.8) is 0 Å². The van der Waals surface area contributed by atoms with Gasteiger partial charge in [-0.15, -0.1) is 0 Å². The molecule has 0 aliphatic rings. The van der Waals surface area contributed by atoms with Gasteiger partial charge in [-0.1, -0.05) is 67.6 Å². The summed E-state index contributed by atoms with van der Waals surface area (Å²) in [6.45, 7) is 3.97. The van der Waals surface area contributed by atoms with Gasteiger partial charge in [0, 0.05) is 7.11 Å². The summed E-state index contributed by atoms with van der Waals surface area (Å²) in [5.41, 5.74) is 2.69. The minimum Gasteiger partial charge on any atom is -0.383 e. The van der Waals surface area contributed by atoms with Crippen molar-refractivity contribution < 1.29 is 4.74 Å². The van der Waals surface area contributed by atoms with Crippen LogP contribution in [0.2, 0.25) is 0 Å². The van der Waals surface area contributed by atoms with E-state index in [0.717, 1.165) is 13.0 Å². The summed E-state index contributed by atoms with van der Waals surface area (Å²) in [7, 11) is 1.75. The molecule has 0 heterocycles. The van der Waals surface area contributed by atoms with Crippen LogP contribution in [0.25, 0.3) is 0 Å². The predicted molar refractivity (Wildman–Crippen MR) is 88.5 cm³/mol. The maximum Gasteiger partial charge on any atom is 0.0657 e. The fraction of sp³-hybridized carbons (Fsp3) is 0.368. The van der Waals surface area contributed by atoms with Crippen LogP contribution in [0.5, 0.6) is 0 Å². The van der Waals surface area contributed by atoms with Gasteiger partial charge in [0.05, 0.1) is 12.6 Å². The van der Waals surface area contributed by atoms with E-state index < -0.39 is 0 Å². The average Bonchev–Trinajstić information content (AvgIpc) is 2.55. The van der Waals surface area contributed by atoms with Gasteiger partial charge in [0.2, 0.25) is 0 Å². The molecule has 2 nitrogen and oxygen atoms in total. The predicted octanol–water partition coefficient (Wildman–Crippen LogP) is 4.16. The van der Waals surface area contributed by atoms with Gasteiger partial charge in [0.25, 0.3) is 0 Å². The Morgan fingerprint density at radius 1 is 0.905 bits per heavy atom. The SMILES string of the molecule is COCC(NCCC(C)c1ccccc1)c1ccccc1. The molecule has 2 atom stereocenters. The van der Waals surface area contributed by atoms with Gasteiger partial charge in [-0.25, -0.2) is 0 Å². The number of hydrogen-bond donors (Lipinski definition) is 1. The second kappa shape index (κ2) is 8.60. The van der Waals surface area contributed by atoms with Gasteiger partial charge in [-0.05, 0) is 30.0 Å². The lowest BCUT2D eigenvalue weighted by molar-refractivity contribution is 0.166. The highest BCUT2D eigenvalue weighted by molar-refractivity contribution is 5.20. The molecule has 0 aliphatic carbocycles. The van der Waals surface area contributed by atoms with Crippen LogP contribution in [-0.2, 0) is 4.74 Å². The van der Waals surface area contributed by atoms with Crippen LogP contribution < -0.4 is 5.32 Å². The first-order valence-electron chi connectivity index (χ1n) is 7.63. The molecular weight excluding hydrogens is 258 g/mol. The first-order chi connectivity index (χ1) is 10.3. The molecule has 2 aromatic carbocycles. The molecule has 2 rings (SSSR count). The summed E-state index contributed by atoms with van der Waals surface area (Å²) >= 11 is 0. The van der Waals surface area contributed by atoms with Gasteiger partial charge in [-0.3, -0.25) is 0 Å². The molecule has 1 N–H and O–H groups in total. The molecule has 0 aromatic heterocycles. The molecular formula is C19H25NO. The molecule has 0 fully saturated rings. The Balaban J connectivity index is 1.85. The molecule has 112 valence electrons. The van der Waals surface area contributed by atoms with Crippen molar-refractivity contribution in [2.75, 3.05) is 20.3 Å². The van der Waals surface area contributed by atoms with E-state index in [1.165, 1.54) is 11.1 Å². The molecule has 0 saturated heterocycles. The fourth-order valence-corrected chi connectivity index (χ4v) is 2.55. The van der Waals surface area contributed by atoms with Gasteiger partial charge in [0.1, 0.15) is 0 Å². The molecule has 0 aliphatic heterocycles. The minimum absolute atomic E-state index is 0.263. The summed E-state index contributed by atoms with van der Waals surface area (Å²) in [5, 5.41) is 3.61. The molecule has 2 unspecified atom stereocenters. The molecule has 0 radical (unpaired) electrons. The summed E-state index contributed by atoms with van der Waals surface area (Å²) in [5.74, 6) is 0.567. The van der Waals surface area contributed by atoms with Crippen LogP contribution in [0.1, 0.15) is 36.4 Å². The zero-order valence-corrected chi connectivity index (χ0v) is 13.0. The van der Waals surface area contributed by atoms with Crippen LogP contribution in [0.3, 0.4) is 0 Å². The van der Waals surface area contributed by atoms with Gasteiger partial charge in [-0.2, -0.15) is 0 Å². The minimum atomic E-state index is 0.263. The van der Waals surface area contributed by atoms with E-state index in [0.29, 0.717) is 12.5 Å². The number of nitrogens with one attached hydrogen (secondary N) is 1. The Labute approximate surface area is 128 Å². The monoisotopic (exact) mass is 283 g/mol. The van der Waals surface area contributed by atoms with Crippen molar-refractivity contribution in [2.24, 2.45) is 0 Å². The third-order valence-corrected chi connectivity index (χ3v) is 3.87. The van der Waals surface area contributed by atoms with Crippen molar-refractivity contribution in [2.45, 2.75) is 25.3 Å². The van der Waals surface area contributed by atoms with Gasteiger partial charge in [0.15, 0.2) is 0 Å². The quantitative estimate of drug-likeness (QED) is 0.785. The van der Waals surface area contributed by atoms with E-state index in [4.69, 9.17) is 4.74 Å². The van der Waals surface area contributed by atoms with Crippen molar-refractivity contribution >= 4 is 0 Å². The molecule has 2 aromatic rings. The first kappa shape index (κ1) is 15.7. The van der Waals surface area contributed by atoms with E-state index in [1.54, 1.807) is 7.11 Å². The lowest BCUT2D eigenvalue weighted by atomic mass is 9.97. The Bertz CT molecular complexity index is 497. The number of hydrogen-bond acceptors (Lipinski definition) is 2. The van der Waals surface area contributed by atoms with Crippen LogP contribution in [0, 0.1) is 0 Å². The van der Waals surface area contributed by atoms with Crippen LogP contribution in [0.4, 0.5) is 0 Å². The smallest absolute Gasteiger partial charge is 0.0657 e. The van der Waals surface area contributed by atoms with Crippen molar-refractivity contribution in [1.29, 1.82) is 0 Å². The van der Waals surface area contributed by atoms with Crippen molar-refractivity contribution in [3.05, 3.63) is 71.8 Å². The van der Waals surface area contributed by atoms with Crippen molar-refractivity contribution in [1.82, 2.24) is 5.32 Å². The Morgan fingerprint density at radius 3 is 2.05 bits per heavy atom. The van der Waals surface area contributed by atoms with Crippen LogP contribution >= 0.6 is 0 Å². The maximum atomic E-state index is 5.34. The van der Waals surface area contributed by atoms with Crippen molar-refractivity contribution in [3.8, 4) is 0 Å². The van der Waals surface area contributed by atoms with Crippen LogP contribution in [0.15, 0.2) is 60.7 Å². The van der Waals surface area contributed by atoms with Gasteiger partial charge >= 0.3 is 0 Å². The Kier molecular flexibility index (Phi) is 6.45. The highest BCUT2D eigenvalue weighted by Gasteiger charge is 2.11. The fourth-order valence-electron chi connectivity index (χ4n) is 2.55. The number of rotatable bonds is 8. The molecule has 0 spiro atoms. The zero-order valence-electron chi connectivity index (χ0n) is 13.0. The third-order valence-electron chi connectivity index (χ3n) is 3.87. The molecule has 21 heavy (non-hydrogen) atoms. The summed E-state index contributed by atoms with van der Waals surface area (Å²) in [6, 6.07) is 21.5. The second-order valence-corrected chi connectivity index (χ2v) is 5.47. The van der Waals surface area contributed by atoms with E-state index in [1.807, 2.05) is 6.07 Å². The largest absolute Gasteiger partial charge is 0.383 e. The molecule has 0 saturated carbocycles. The first-order valence-corrected chi connectivity index (χ1v) is 7.63. The standard InChI is InChI=1S/C19H25NO/c1-16(17-9-5-3-6-10-17)13-14-20-19(15-21-2)18-11-7-4-8-12-18/h3-12,16,19-20H,13-15H2,1-2H3. The summed E-state index contributed by atoms with van der Waals surface area (Å²) in [6.07, 6.45) is 1.12. The van der Waals surface area contributed by atoms with E-state index >= 15 is 0 Å². The number of benzene rings is 2. The highest BCUT2D eigenvalue weighted by atomic mass is 16.5. The Hall–Kier alpha value is -1.64.